The van der Waals surface area contributed by atoms with Crippen LogP contribution in [0.5, 0.6) is 0 Å². The first-order valence-electron chi connectivity index (χ1n) is 3.66. The van der Waals surface area contributed by atoms with Crippen LogP contribution in [0.4, 0.5) is 0 Å². The predicted octanol–water partition coefficient (Wildman–Crippen LogP) is 2.32. The highest BCUT2D eigenvalue weighted by atomic mass is 31.0. The summed E-state index contributed by atoms with van der Waals surface area (Å²) in [4.78, 5) is 0. The van der Waals surface area contributed by atoms with Crippen molar-refractivity contribution in [2.24, 2.45) is 0 Å². The molecule has 1 aromatic heterocycles. The van der Waals surface area contributed by atoms with Crippen molar-refractivity contribution in [2.45, 2.75) is 0 Å². The minimum Gasteiger partial charge on any atom is -0.251 e. The molecule has 0 fully saturated rings. The van der Waals surface area contributed by atoms with E-state index in [0.717, 1.165) is 16.5 Å². The summed E-state index contributed by atoms with van der Waals surface area (Å²) in [5.41, 5.74) is 2.23. The molecule has 0 saturated carbocycles. The summed E-state index contributed by atoms with van der Waals surface area (Å²) in [6.07, 6.45) is 3.67. The number of hydrogen-bond donors (Lipinski definition) is 0. The smallest absolute Gasteiger partial charge is 0.0723 e. The van der Waals surface area contributed by atoms with Gasteiger partial charge in [-0.05, 0) is 21.0 Å². The van der Waals surface area contributed by atoms with Crippen molar-refractivity contribution >= 4 is 26.4 Å². The van der Waals surface area contributed by atoms with E-state index in [9.17, 15) is 0 Å². The van der Waals surface area contributed by atoms with Crippen LogP contribution in [-0.2, 0) is 0 Å². The third-order valence-electron chi connectivity index (χ3n) is 1.86. The predicted molar refractivity (Wildman–Crippen MR) is 54.9 cm³/mol. The Labute approximate surface area is 73.1 Å². The maximum absolute atomic E-state index is 4.12. The topological polar surface area (TPSA) is 17.8 Å². The van der Waals surface area contributed by atoms with Gasteiger partial charge in [0, 0.05) is 5.39 Å². The van der Waals surface area contributed by atoms with Crippen LogP contribution in [-0.4, -0.2) is 9.55 Å². The molecule has 0 aliphatic carbocycles. The average molecular weight is 176 g/mol. The number of benzene rings is 1. The molecule has 1 atom stereocenters. The minimum absolute atomic E-state index is 1.11. The van der Waals surface area contributed by atoms with E-state index in [0.29, 0.717) is 0 Å². The van der Waals surface area contributed by atoms with Gasteiger partial charge in [0.05, 0.1) is 11.7 Å². The van der Waals surface area contributed by atoms with Gasteiger partial charge in [-0.3, -0.25) is 4.45 Å². The molecule has 3 heteroatoms. The van der Waals surface area contributed by atoms with Gasteiger partial charge < -0.3 is 0 Å². The van der Waals surface area contributed by atoms with Crippen molar-refractivity contribution in [1.29, 1.82) is 0 Å². The van der Waals surface area contributed by atoms with E-state index >= 15 is 0 Å². The molecule has 0 spiro atoms. The molecule has 0 saturated heterocycles. The molecule has 60 valence electrons. The highest BCUT2D eigenvalue weighted by molar-refractivity contribution is 7.14. The van der Waals surface area contributed by atoms with Crippen LogP contribution in [0, 0.1) is 0 Å². The summed E-state index contributed by atoms with van der Waals surface area (Å²) in [5.74, 6) is 0. The summed E-state index contributed by atoms with van der Waals surface area (Å²) >= 11 is 0. The van der Waals surface area contributed by atoms with E-state index in [-0.39, 0.29) is 0 Å². The second kappa shape index (κ2) is 2.72. The fourth-order valence-electron chi connectivity index (χ4n) is 1.18. The van der Waals surface area contributed by atoms with Gasteiger partial charge in [-0.15, -0.1) is 0 Å². The normalized spacial score (nSPS) is 10.4. The maximum Gasteiger partial charge on any atom is 0.0723 e. The van der Waals surface area contributed by atoms with E-state index in [1.54, 1.807) is 4.45 Å². The first-order valence-corrected chi connectivity index (χ1v) is 4.18. The Morgan fingerprint density at radius 1 is 1.50 bits per heavy atom. The van der Waals surface area contributed by atoms with Gasteiger partial charge in [0.15, 0.2) is 0 Å². The molecule has 0 amide bonds. The number of rotatable bonds is 1. The van der Waals surface area contributed by atoms with E-state index < -0.39 is 0 Å². The first-order chi connectivity index (χ1) is 5.81. The largest absolute Gasteiger partial charge is 0.251 e. The monoisotopic (exact) mass is 176 g/mol. The third kappa shape index (κ3) is 1.05. The second-order valence-electron chi connectivity index (χ2n) is 2.61. The van der Waals surface area contributed by atoms with E-state index in [4.69, 9.17) is 0 Å². The number of hydrogen-bond acceptors (Lipinski definition) is 1. The van der Waals surface area contributed by atoms with Gasteiger partial charge in [-0.25, -0.2) is 0 Å². The van der Waals surface area contributed by atoms with Crippen LogP contribution < -0.4 is 0 Å². The molecular weight excluding hydrogens is 167 g/mol. The quantitative estimate of drug-likeness (QED) is 0.609. The molecule has 1 unspecified atom stereocenters. The molecule has 12 heavy (non-hydrogen) atoms. The lowest BCUT2D eigenvalue weighted by atomic mass is 10.2. The molecule has 2 aromatic rings. The molecule has 0 bridgehead atoms. The van der Waals surface area contributed by atoms with Crippen LogP contribution >= 0.6 is 9.39 Å². The Balaban J connectivity index is 2.79. The Bertz CT molecular complexity index is 431. The van der Waals surface area contributed by atoms with Crippen molar-refractivity contribution in [1.82, 2.24) is 9.55 Å². The lowest BCUT2D eigenvalue weighted by Gasteiger charge is -1.95. The van der Waals surface area contributed by atoms with Crippen molar-refractivity contribution < 1.29 is 0 Å². The highest BCUT2D eigenvalue weighted by Crippen LogP contribution is 2.17. The summed E-state index contributed by atoms with van der Waals surface area (Å²) in [6, 6.07) is 6.13. The maximum atomic E-state index is 4.12. The third-order valence-corrected chi connectivity index (χ3v) is 2.27. The van der Waals surface area contributed by atoms with Crippen molar-refractivity contribution in [3.05, 3.63) is 36.5 Å². The lowest BCUT2D eigenvalue weighted by molar-refractivity contribution is 1.04. The summed E-state index contributed by atoms with van der Waals surface area (Å²) in [5, 5.41) is 5.27. The molecule has 0 aliphatic heterocycles. The van der Waals surface area contributed by atoms with Gasteiger partial charge in [-0.2, -0.15) is 5.10 Å². The zero-order valence-corrected chi connectivity index (χ0v) is 7.72. The molecule has 1 aromatic carbocycles. The van der Waals surface area contributed by atoms with Crippen molar-refractivity contribution in [3.63, 3.8) is 0 Å². The summed E-state index contributed by atoms with van der Waals surface area (Å²) < 4.78 is 1.78. The van der Waals surface area contributed by atoms with Gasteiger partial charge in [0.1, 0.15) is 0 Å². The molecule has 0 N–H and O–H groups in total. The van der Waals surface area contributed by atoms with Gasteiger partial charge in [0.25, 0.3) is 0 Å². The molecule has 2 rings (SSSR count). The SMILES string of the molecule is C=Cc1ccc2cnn(P)c2c1. The van der Waals surface area contributed by atoms with Crippen LogP contribution in [0.3, 0.4) is 0 Å². The van der Waals surface area contributed by atoms with E-state index in [1.807, 2.05) is 24.4 Å². The zero-order chi connectivity index (χ0) is 8.55. The molecule has 0 radical (unpaired) electrons. The number of fused-ring (bicyclic) bond motifs is 1. The van der Waals surface area contributed by atoms with Crippen LogP contribution in [0.1, 0.15) is 5.56 Å². The van der Waals surface area contributed by atoms with Crippen LogP contribution in [0.2, 0.25) is 0 Å². The summed E-state index contributed by atoms with van der Waals surface area (Å²) in [7, 11) is 2.54. The molecule has 0 aliphatic rings. The zero-order valence-electron chi connectivity index (χ0n) is 6.57. The Kier molecular flexibility index (Phi) is 1.70. The Morgan fingerprint density at radius 3 is 3.08 bits per heavy atom. The van der Waals surface area contributed by atoms with E-state index in [2.05, 4.69) is 27.1 Å². The fraction of sp³-hybridized carbons (Fsp3) is 0. The average Bonchev–Trinajstić information content (AvgIpc) is 2.47. The van der Waals surface area contributed by atoms with Gasteiger partial charge in [0.2, 0.25) is 0 Å². The van der Waals surface area contributed by atoms with Crippen molar-refractivity contribution in [3.8, 4) is 0 Å². The fourth-order valence-corrected chi connectivity index (χ4v) is 1.47. The first kappa shape index (κ1) is 7.51. The molecular formula is C9H9N2P. The Morgan fingerprint density at radius 2 is 2.33 bits per heavy atom. The van der Waals surface area contributed by atoms with Crippen LogP contribution in [0.15, 0.2) is 31.0 Å². The van der Waals surface area contributed by atoms with Crippen LogP contribution in [0.25, 0.3) is 17.0 Å². The molecule has 1 heterocycles. The number of nitrogens with zero attached hydrogens (tertiary/aromatic N) is 2. The highest BCUT2D eigenvalue weighted by Gasteiger charge is 1.97. The lowest BCUT2D eigenvalue weighted by Crippen LogP contribution is -1.80. The standard InChI is InChI=1S/C9H9N2P/c1-2-7-3-4-8-6-10-11(12)9(8)5-7/h2-6H,1,12H2. The second-order valence-corrected chi connectivity index (χ2v) is 3.10. The Hall–Kier alpha value is -1.14. The van der Waals surface area contributed by atoms with E-state index in [1.165, 1.54) is 0 Å². The van der Waals surface area contributed by atoms with Gasteiger partial charge >= 0.3 is 0 Å². The number of aromatic nitrogens is 2. The molecule has 2 nitrogen and oxygen atoms in total. The van der Waals surface area contributed by atoms with Gasteiger partial charge in [-0.1, -0.05) is 24.8 Å². The van der Waals surface area contributed by atoms with Crippen molar-refractivity contribution in [2.75, 3.05) is 0 Å². The minimum atomic E-state index is 1.11. The summed E-state index contributed by atoms with van der Waals surface area (Å²) in [6.45, 7) is 3.72.